The van der Waals surface area contributed by atoms with E-state index in [2.05, 4.69) is 11.6 Å². The first kappa shape index (κ1) is 21.5. The molecular formula is C25H22N2O4S. The number of fused-ring (bicyclic) bond motifs is 1. The Labute approximate surface area is 189 Å². The number of rotatable bonds is 6. The lowest BCUT2D eigenvalue weighted by molar-refractivity contribution is -0.138. The van der Waals surface area contributed by atoms with Crippen LogP contribution < -0.4 is 19.6 Å². The van der Waals surface area contributed by atoms with E-state index in [-0.39, 0.29) is 12.2 Å². The van der Waals surface area contributed by atoms with Gasteiger partial charge in [0.15, 0.2) is 4.80 Å². The molecule has 0 saturated carbocycles. The third kappa shape index (κ3) is 3.94. The second-order valence-corrected chi connectivity index (χ2v) is 8.13. The van der Waals surface area contributed by atoms with E-state index in [0.29, 0.717) is 26.4 Å². The molecule has 1 aliphatic heterocycles. The number of benzene rings is 2. The summed E-state index contributed by atoms with van der Waals surface area (Å²) in [6, 6.07) is 16.3. The van der Waals surface area contributed by atoms with Crippen molar-refractivity contribution in [2.45, 2.75) is 13.0 Å². The first-order valence-corrected chi connectivity index (χ1v) is 10.9. The smallest absolute Gasteiger partial charge is 0.338 e. The Bertz CT molecular complexity index is 1380. The number of hydrogen-bond acceptors (Lipinski definition) is 6. The van der Waals surface area contributed by atoms with Crippen LogP contribution in [0, 0.1) is 0 Å². The molecule has 0 N–H and O–H groups in total. The van der Waals surface area contributed by atoms with Gasteiger partial charge in [-0.15, -0.1) is 0 Å². The van der Waals surface area contributed by atoms with Crippen LogP contribution in [0.5, 0.6) is 5.75 Å². The van der Waals surface area contributed by atoms with Gasteiger partial charge < -0.3 is 9.47 Å². The number of ether oxygens (including phenoxy) is 2. The average molecular weight is 447 g/mol. The molecule has 7 heteroatoms. The van der Waals surface area contributed by atoms with Crippen molar-refractivity contribution < 1.29 is 14.3 Å². The van der Waals surface area contributed by atoms with Gasteiger partial charge >= 0.3 is 5.97 Å². The van der Waals surface area contributed by atoms with Crippen molar-refractivity contribution in [3.8, 4) is 5.75 Å². The molecule has 0 bridgehead atoms. The van der Waals surface area contributed by atoms with Gasteiger partial charge in [0, 0.05) is 5.56 Å². The van der Waals surface area contributed by atoms with Crippen LogP contribution in [0.4, 0.5) is 0 Å². The van der Waals surface area contributed by atoms with Crippen LogP contribution in [-0.2, 0) is 9.53 Å². The molecule has 0 radical (unpaired) electrons. The molecule has 1 aromatic heterocycles. The van der Waals surface area contributed by atoms with Gasteiger partial charge in [0.05, 0.1) is 29.0 Å². The van der Waals surface area contributed by atoms with Gasteiger partial charge in [-0.1, -0.05) is 72.5 Å². The van der Waals surface area contributed by atoms with Crippen molar-refractivity contribution >= 4 is 23.4 Å². The molecule has 0 spiro atoms. The highest BCUT2D eigenvalue weighted by Crippen LogP contribution is 2.30. The molecular weight excluding hydrogens is 424 g/mol. The predicted octanol–water partition coefficient (Wildman–Crippen LogP) is 2.97. The second kappa shape index (κ2) is 9.20. The highest BCUT2D eigenvalue weighted by atomic mass is 32.1. The Hall–Kier alpha value is -3.71. The monoisotopic (exact) mass is 446 g/mol. The molecule has 6 nitrogen and oxygen atoms in total. The first-order chi connectivity index (χ1) is 15.5. The summed E-state index contributed by atoms with van der Waals surface area (Å²) in [7, 11) is 1.59. The quantitative estimate of drug-likeness (QED) is 0.431. The Kier molecular flexibility index (Phi) is 6.18. The van der Waals surface area contributed by atoms with Crippen molar-refractivity contribution in [1.29, 1.82) is 0 Å². The number of thiazole rings is 1. The zero-order chi connectivity index (χ0) is 22.7. The fraction of sp³-hybridized carbons (Fsp3) is 0.160. The van der Waals surface area contributed by atoms with Gasteiger partial charge in [0.2, 0.25) is 0 Å². The number of carbonyl (C=O) groups is 1. The van der Waals surface area contributed by atoms with Gasteiger partial charge in [0.25, 0.3) is 5.56 Å². The molecule has 2 heterocycles. The normalized spacial score (nSPS) is 15.7. The Morgan fingerprint density at radius 3 is 2.62 bits per heavy atom. The van der Waals surface area contributed by atoms with E-state index in [1.807, 2.05) is 54.6 Å². The summed E-state index contributed by atoms with van der Waals surface area (Å²) < 4.78 is 12.8. The molecule has 0 amide bonds. The third-order valence-corrected chi connectivity index (χ3v) is 6.10. The minimum atomic E-state index is -0.635. The predicted molar refractivity (Wildman–Crippen MR) is 124 cm³/mol. The van der Waals surface area contributed by atoms with Gasteiger partial charge in [0.1, 0.15) is 12.4 Å². The lowest BCUT2D eigenvalue weighted by Crippen LogP contribution is -2.39. The summed E-state index contributed by atoms with van der Waals surface area (Å²) in [5, 5.41) is 0. The number of methoxy groups -OCH3 is 1. The van der Waals surface area contributed by atoms with E-state index >= 15 is 0 Å². The van der Waals surface area contributed by atoms with E-state index in [0.717, 1.165) is 11.1 Å². The van der Waals surface area contributed by atoms with Crippen LogP contribution in [0.25, 0.3) is 6.08 Å². The minimum absolute atomic E-state index is 0.0787. The van der Waals surface area contributed by atoms with Crippen LogP contribution >= 0.6 is 11.3 Å². The largest absolute Gasteiger partial charge is 0.496 e. The van der Waals surface area contributed by atoms with Crippen LogP contribution in [0.15, 0.2) is 88.3 Å². The molecule has 1 atom stereocenters. The number of aromatic nitrogens is 1. The summed E-state index contributed by atoms with van der Waals surface area (Å²) >= 11 is 1.28. The van der Waals surface area contributed by atoms with Gasteiger partial charge in [-0.25, -0.2) is 9.79 Å². The molecule has 0 saturated heterocycles. The Morgan fingerprint density at radius 2 is 1.91 bits per heavy atom. The van der Waals surface area contributed by atoms with E-state index in [9.17, 15) is 9.59 Å². The maximum atomic E-state index is 13.5. The maximum Gasteiger partial charge on any atom is 0.338 e. The van der Waals surface area contributed by atoms with Crippen molar-refractivity contribution in [3.63, 3.8) is 0 Å². The van der Waals surface area contributed by atoms with Crippen molar-refractivity contribution in [2.75, 3.05) is 13.7 Å². The highest BCUT2D eigenvalue weighted by molar-refractivity contribution is 7.07. The van der Waals surface area contributed by atoms with Crippen LogP contribution in [0.2, 0.25) is 0 Å². The van der Waals surface area contributed by atoms with E-state index in [1.54, 1.807) is 24.7 Å². The van der Waals surface area contributed by atoms with Gasteiger partial charge in [-0.2, -0.15) is 0 Å². The molecule has 32 heavy (non-hydrogen) atoms. The Morgan fingerprint density at radius 1 is 1.19 bits per heavy atom. The fourth-order valence-electron chi connectivity index (χ4n) is 3.67. The topological polar surface area (TPSA) is 69.9 Å². The lowest BCUT2D eigenvalue weighted by Gasteiger charge is -2.24. The maximum absolute atomic E-state index is 13.5. The minimum Gasteiger partial charge on any atom is -0.496 e. The molecule has 1 unspecified atom stereocenters. The van der Waals surface area contributed by atoms with Gasteiger partial charge in [-0.05, 0) is 24.6 Å². The third-order valence-electron chi connectivity index (χ3n) is 5.11. The zero-order valence-electron chi connectivity index (χ0n) is 17.8. The van der Waals surface area contributed by atoms with Crippen LogP contribution in [0.1, 0.15) is 24.1 Å². The molecule has 162 valence electrons. The Balaban J connectivity index is 1.94. The molecule has 1 aliphatic rings. The highest BCUT2D eigenvalue weighted by Gasteiger charge is 2.33. The summed E-state index contributed by atoms with van der Waals surface area (Å²) in [6.45, 7) is 5.44. The fourth-order valence-corrected chi connectivity index (χ4v) is 4.71. The second-order valence-electron chi connectivity index (χ2n) is 7.12. The molecule has 0 aliphatic carbocycles. The summed E-state index contributed by atoms with van der Waals surface area (Å²) in [5.74, 6) is 0.154. The number of carbonyl (C=O) groups excluding carboxylic acids is 1. The molecule has 3 aromatic rings. The number of esters is 1. The van der Waals surface area contributed by atoms with E-state index in [1.165, 1.54) is 17.4 Å². The van der Waals surface area contributed by atoms with E-state index in [4.69, 9.17) is 9.47 Å². The van der Waals surface area contributed by atoms with Crippen molar-refractivity contribution in [2.24, 2.45) is 4.99 Å². The number of hydrogen-bond donors (Lipinski definition) is 0. The van der Waals surface area contributed by atoms with Crippen LogP contribution in [0.3, 0.4) is 0 Å². The lowest BCUT2D eigenvalue weighted by atomic mass is 9.96. The first-order valence-electron chi connectivity index (χ1n) is 10.0. The van der Waals surface area contributed by atoms with Crippen molar-refractivity contribution in [1.82, 2.24) is 4.57 Å². The number of nitrogens with zero attached hydrogens (tertiary/aromatic N) is 2. The summed E-state index contributed by atoms with van der Waals surface area (Å²) in [6.07, 6.45) is 3.30. The van der Waals surface area contributed by atoms with Crippen LogP contribution in [-0.4, -0.2) is 24.3 Å². The molecule has 2 aromatic carbocycles. The zero-order valence-corrected chi connectivity index (χ0v) is 18.6. The standard InChI is InChI=1S/C25H22N2O4S/c1-4-14-31-24(29)21-16(2)26-25-27(22(21)17-10-6-5-7-11-17)23(28)20(32-25)15-18-12-8-9-13-19(18)30-3/h4-13,15,22H,1,14H2,2-3H3. The average Bonchev–Trinajstić information content (AvgIpc) is 3.11. The summed E-state index contributed by atoms with van der Waals surface area (Å²) in [5.41, 5.74) is 2.23. The van der Waals surface area contributed by atoms with E-state index < -0.39 is 12.0 Å². The van der Waals surface area contributed by atoms with Crippen molar-refractivity contribution in [3.05, 3.63) is 109 Å². The number of para-hydroxylation sites is 1. The SMILES string of the molecule is C=CCOC(=O)C1=C(C)N=c2sc(=Cc3ccccc3OC)c(=O)n2C1c1ccccc1. The summed E-state index contributed by atoms with van der Waals surface area (Å²) in [4.78, 5) is 31.6. The molecule has 0 fully saturated rings. The number of allylic oxidation sites excluding steroid dienone is 1. The molecule has 4 rings (SSSR count). The van der Waals surface area contributed by atoms with Gasteiger partial charge in [-0.3, -0.25) is 9.36 Å².